The second kappa shape index (κ2) is 50.3. The van der Waals surface area contributed by atoms with Gasteiger partial charge in [0.2, 0.25) is 22.9 Å². The molecular weight excluding hydrogens is 2450 g/mol. The van der Waals surface area contributed by atoms with Crippen molar-refractivity contribution >= 4 is 88.3 Å². The second-order valence-corrected chi connectivity index (χ2v) is 31.7. The Labute approximate surface area is 894 Å². The Morgan fingerprint density at radius 1 is 0.277 bits per heavy atom. The molecule has 0 fully saturated rings. The number of furan rings is 4. The van der Waals surface area contributed by atoms with E-state index in [0.717, 1.165) is 117 Å². The molecule has 24 aromatic rings. The molecule has 0 N–H and O–H groups in total. The van der Waals surface area contributed by atoms with E-state index in [0.29, 0.717) is 90.1 Å². The number of rotatable bonds is 11. The van der Waals surface area contributed by atoms with Crippen LogP contribution in [0.25, 0.3) is 178 Å². The van der Waals surface area contributed by atoms with Gasteiger partial charge in [-0.05, 0) is 201 Å². The van der Waals surface area contributed by atoms with E-state index in [1.165, 1.54) is 18.3 Å². The Bertz CT molecular complexity index is 8330. The summed E-state index contributed by atoms with van der Waals surface area (Å²) >= 11 is 0. The fourth-order valence-corrected chi connectivity index (χ4v) is 14.9. The summed E-state index contributed by atoms with van der Waals surface area (Å²) < 4.78 is 133. The fourth-order valence-electron chi connectivity index (χ4n) is 14.9. The van der Waals surface area contributed by atoms with Crippen molar-refractivity contribution in [1.82, 2.24) is 59.8 Å². The molecule has 706 valence electrons. The number of fused-ring (bicyclic) bond motifs is 12. The molecule has 0 saturated heterocycles. The van der Waals surface area contributed by atoms with E-state index in [4.69, 9.17) is 36.9 Å². The molecule has 0 unspecified atom stereocenters. The average molecular weight is 2560 g/mol. The minimum absolute atomic E-state index is 0. The van der Waals surface area contributed by atoms with E-state index >= 15 is 0 Å². The van der Waals surface area contributed by atoms with Gasteiger partial charge in [0.25, 0.3) is 0 Å². The smallest absolute Gasteiger partial charge is 0.216 e. The van der Waals surface area contributed by atoms with E-state index in [1.807, 2.05) is 284 Å². The monoisotopic (exact) mass is 2560 g/mol. The quantitative estimate of drug-likeness (QED) is 0.110. The second-order valence-electron chi connectivity index (χ2n) is 31.7. The molecule has 4 radical (unpaired) electrons. The largest absolute Gasteiger partial charge is 0.486 e. The zero-order valence-corrected chi connectivity index (χ0v) is 86.2. The van der Waals surface area contributed by atoms with Crippen molar-refractivity contribution in [3.63, 3.8) is 0 Å². The van der Waals surface area contributed by atoms with Crippen LogP contribution < -0.4 is 0 Å². The first-order valence-corrected chi connectivity index (χ1v) is 44.0. The first-order valence-electron chi connectivity index (χ1n) is 51.0. The Hall–Kier alpha value is -14.6. The number of nitrogens with zero attached hydrogens (tertiary/aromatic N) is 12. The van der Waals surface area contributed by atoms with Gasteiger partial charge >= 0.3 is 0 Å². The third kappa shape index (κ3) is 25.9. The van der Waals surface area contributed by atoms with E-state index in [1.54, 1.807) is 98.1 Å². The predicted octanol–water partition coefficient (Wildman–Crippen LogP) is 29.7. The minimum atomic E-state index is -2.59. The molecule has 141 heavy (non-hydrogen) atoms. The van der Waals surface area contributed by atoms with Gasteiger partial charge in [-0.1, -0.05) is 167 Å². The molecule has 8 aromatic carbocycles. The molecule has 0 aliphatic carbocycles. The number of pyridine rings is 12. The van der Waals surface area contributed by atoms with E-state index in [2.05, 4.69) is 108 Å². The molecule has 0 aliphatic heterocycles. The van der Waals surface area contributed by atoms with Crippen LogP contribution in [0.1, 0.15) is 97.6 Å². The molecule has 20 heteroatoms. The molecular formula is C121H94Ir4N12O4-8. The molecule has 16 aromatic heterocycles. The van der Waals surface area contributed by atoms with Crippen molar-refractivity contribution in [3.8, 4) is 90.1 Å². The maximum absolute atomic E-state index is 8.35. The van der Waals surface area contributed by atoms with Crippen LogP contribution in [0.4, 0.5) is 0 Å². The predicted molar refractivity (Wildman–Crippen MR) is 549 cm³/mol. The summed E-state index contributed by atoms with van der Waals surface area (Å²) in [6.07, 6.45) is 14.9. The summed E-state index contributed by atoms with van der Waals surface area (Å²) in [6.45, 7) is 1.95. The zero-order chi connectivity index (χ0) is 106. The van der Waals surface area contributed by atoms with Crippen LogP contribution in [-0.2, 0) is 86.8 Å². The number of benzene rings is 8. The van der Waals surface area contributed by atoms with Crippen LogP contribution in [0.15, 0.2) is 383 Å². The first kappa shape index (κ1) is 85.5. The maximum Gasteiger partial charge on any atom is 0.216 e. The van der Waals surface area contributed by atoms with Crippen LogP contribution in [0.5, 0.6) is 0 Å². The molecule has 16 heterocycles. The van der Waals surface area contributed by atoms with Gasteiger partial charge in [-0.15, -0.1) is 216 Å². The van der Waals surface area contributed by atoms with Gasteiger partial charge in [0, 0.05) is 195 Å². The number of aryl methyl sites for hydroxylation is 6. The average Bonchev–Trinajstić information content (AvgIpc) is 1.69. The van der Waals surface area contributed by atoms with Gasteiger partial charge in [-0.3, -0.25) is 0 Å². The number of hydrogen-bond acceptors (Lipinski definition) is 16. The maximum atomic E-state index is 8.35. The summed E-state index contributed by atoms with van der Waals surface area (Å²) in [4.78, 5) is 51.6. The third-order valence-electron chi connectivity index (χ3n) is 21.4. The Morgan fingerprint density at radius 3 is 0.986 bits per heavy atom. The van der Waals surface area contributed by atoms with Crippen LogP contribution in [0, 0.1) is 95.7 Å². The molecule has 0 spiro atoms. The zero-order valence-electron chi connectivity index (χ0n) is 90.6. The van der Waals surface area contributed by atoms with Gasteiger partial charge in [-0.25, -0.2) is 19.9 Å². The molecule has 0 amide bonds. The van der Waals surface area contributed by atoms with Gasteiger partial charge < -0.3 is 57.5 Å². The van der Waals surface area contributed by atoms with E-state index in [9.17, 15) is 0 Å². The normalized spacial score (nSPS) is 12.5. The van der Waals surface area contributed by atoms with Crippen molar-refractivity contribution < 1.29 is 117 Å². The fraction of sp³-hybridized carbons (Fsp3) is 0.107. The summed E-state index contributed by atoms with van der Waals surface area (Å²) in [7, 11) is 0. The van der Waals surface area contributed by atoms with Crippen molar-refractivity contribution in [2.75, 3.05) is 0 Å². The van der Waals surface area contributed by atoms with E-state index in [-0.39, 0.29) is 115 Å². The molecule has 0 atom stereocenters. The standard InChI is InChI=1S/C21H19N2O.C20H17N2O.2C18H13N2O.4C11H8N.4Ir/c1-13(2)11-15-9-10-22-19(12-15)18-6-4-5-16-17-8-7-14(3)23-21(17)24-20(16)18;1-12(2)17-11-22-18(10-13(17)3)16-7-4-6-14-15-8-5-9-21-20(15)23-19(14)16;1-11-9-16(20-10-12(11)2)15-6-3-5-13-14-7-4-8-19-18(14)21-17(13)15;1-11-8-9-19-16(10-11)15-5-3-4-13-14-7-6-12(2)20-18(14)21-17(13)15;4*1-2-6-10(7-3-1)11-8-4-5-9-12-11;;;;/h4-5,7-10,12-13H,11H2,1-3H3;4-6,8-12H,1-3H3;3-5,7-10H,1-2H3;3-4,6-10H,1-2H3;4*1-6,8-9H;;;;/q8*-1;;;;/i11D2;3D3;1D3,2D3;1D3;;;;;;;;. The van der Waals surface area contributed by atoms with E-state index < -0.39 is 33.8 Å². The number of hydrogen-bond donors (Lipinski definition) is 0. The number of aromatic nitrogens is 12. The summed E-state index contributed by atoms with van der Waals surface area (Å²) in [5.74, 6) is -0.0713. The van der Waals surface area contributed by atoms with Crippen molar-refractivity contribution in [3.05, 3.63) is 459 Å². The van der Waals surface area contributed by atoms with Crippen LogP contribution >= 0.6 is 0 Å². The molecule has 0 bridgehead atoms. The van der Waals surface area contributed by atoms with Crippen molar-refractivity contribution in [2.24, 2.45) is 5.92 Å². The Balaban J connectivity index is 0.000000150. The molecule has 24 rings (SSSR count). The minimum Gasteiger partial charge on any atom is -0.486 e. The van der Waals surface area contributed by atoms with Gasteiger partial charge in [0.05, 0.1) is 22.3 Å². The van der Waals surface area contributed by atoms with Gasteiger partial charge in [-0.2, -0.15) is 0 Å². The molecule has 16 nitrogen and oxygen atoms in total. The summed E-state index contributed by atoms with van der Waals surface area (Å²) in [5.41, 5.74) is 20.1. The Morgan fingerprint density at radius 2 is 0.624 bits per heavy atom. The van der Waals surface area contributed by atoms with Crippen LogP contribution in [-0.4, -0.2) is 59.8 Å². The van der Waals surface area contributed by atoms with Gasteiger partial charge in [0.15, 0.2) is 0 Å². The molecule has 0 saturated carbocycles. The summed E-state index contributed by atoms with van der Waals surface area (Å²) in [5, 5.41) is 7.17. The Kier molecular flexibility index (Phi) is 30.5. The summed E-state index contributed by atoms with van der Waals surface area (Å²) in [6, 6.07) is 119. The van der Waals surface area contributed by atoms with Crippen LogP contribution in [0.3, 0.4) is 0 Å². The topological polar surface area (TPSA) is 207 Å². The van der Waals surface area contributed by atoms with Gasteiger partial charge in [0.1, 0.15) is 0 Å². The third-order valence-corrected chi connectivity index (χ3v) is 21.4. The van der Waals surface area contributed by atoms with Crippen LogP contribution in [0.2, 0.25) is 0 Å². The first-order chi connectivity index (χ1) is 72.7. The molecule has 0 aliphatic rings. The SMILES string of the molecule is [2H]C([2H])([2H])c1cc(-c2[c-]ccc3c2oc2ncccc23)ncc1C(C)C.[2H]C([2H])([2H])c1ccnc(-c2[c-]ccc3c2oc2nc(C)ccc23)c1.[2H]C([2H])([2H])c1cnc(-c2[c-]ccc3c2oc2ncccc23)cc1C([2H])([2H])[2H].[2H]C([2H])(c1ccnc(-c2[c-]ccc3c2oc2nc(C)ccc23)c1)C(C)C.[Ir].[Ir].[Ir].[Ir].[c-]1ccccc1-c1ccccn1.[c-]1ccccc1-c1ccccn1.[c-]1ccccc1-c1ccccn1.[c-]1ccccc1-c1ccccn1. The van der Waals surface area contributed by atoms with Crippen molar-refractivity contribution in [2.45, 2.75) is 81.2 Å². The van der Waals surface area contributed by atoms with Crippen molar-refractivity contribution in [1.29, 1.82) is 0 Å².